The van der Waals surface area contributed by atoms with Crippen LogP contribution in [0.25, 0.3) is 0 Å². The molecule has 0 saturated heterocycles. The van der Waals surface area contributed by atoms with E-state index >= 15 is 0 Å². The lowest BCUT2D eigenvalue weighted by atomic mass is 9.95. The molecule has 3 aromatic rings. The van der Waals surface area contributed by atoms with Gasteiger partial charge in [-0.3, -0.25) is 13.9 Å². The zero-order valence-electron chi connectivity index (χ0n) is 23.9. The van der Waals surface area contributed by atoms with Crippen molar-refractivity contribution in [3.63, 3.8) is 0 Å². The third-order valence-corrected chi connectivity index (χ3v) is 9.84. The van der Waals surface area contributed by atoms with Crippen molar-refractivity contribution in [3.8, 4) is 0 Å². The second kappa shape index (κ2) is 14.2. The summed E-state index contributed by atoms with van der Waals surface area (Å²) in [6, 6.07) is 14.7. The van der Waals surface area contributed by atoms with E-state index in [1.807, 2.05) is 0 Å². The Bertz CT molecular complexity index is 1580. The molecule has 2 amide bonds. The predicted molar refractivity (Wildman–Crippen MR) is 164 cm³/mol. The van der Waals surface area contributed by atoms with Gasteiger partial charge in [-0.15, -0.1) is 0 Å². The molecule has 0 spiro atoms. The van der Waals surface area contributed by atoms with Crippen molar-refractivity contribution in [1.82, 2.24) is 10.2 Å². The van der Waals surface area contributed by atoms with E-state index < -0.39 is 51.9 Å². The van der Waals surface area contributed by atoms with E-state index in [4.69, 9.17) is 23.2 Å². The number of rotatable bonds is 10. The average Bonchev–Trinajstić information content (AvgIpc) is 2.99. The molecule has 236 valence electrons. The van der Waals surface area contributed by atoms with Crippen LogP contribution < -0.4 is 9.62 Å². The van der Waals surface area contributed by atoms with E-state index in [0.717, 1.165) is 44.2 Å². The number of carbonyl (C=O) groups is 2. The fraction of sp³-hybridized carbons (Fsp3) is 0.355. The molecule has 44 heavy (non-hydrogen) atoms. The highest BCUT2D eigenvalue weighted by Crippen LogP contribution is 2.37. The van der Waals surface area contributed by atoms with E-state index in [9.17, 15) is 31.2 Å². The maximum Gasteiger partial charge on any atom is 0.416 e. The molecule has 0 unspecified atom stereocenters. The monoisotopic (exact) mass is 669 g/mol. The van der Waals surface area contributed by atoms with Gasteiger partial charge in [-0.05, 0) is 67.8 Å². The van der Waals surface area contributed by atoms with Crippen LogP contribution in [0, 0.1) is 0 Å². The summed E-state index contributed by atoms with van der Waals surface area (Å²) in [6.45, 7) is 0.474. The van der Waals surface area contributed by atoms with Gasteiger partial charge >= 0.3 is 6.18 Å². The molecule has 0 radical (unpaired) electrons. The minimum absolute atomic E-state index is 0.0549. The molecular formula is C31H32Cl2F3N3O4S. The van der Waals surface area contributed by atoms with Gasteiger partial charge in [-0.2, -0.15) is 13.2 Å². The Morgan fingerprint density at radius 1 is 0.955 bits per heavy atom. The van der Waals surface area contributed by atoms with Crippen molar-refractivity contribution < 1.29 is 31.2 Å². The fourth-order valence-corrected chi connectivity index (χ4v) is 7.03. The number of alkyl halides is 3. The smallest absolute Gasteiger partial charge is 0.352 e. The zero-order valence-corrected chi connectivity index (χ0v) is 26.2. The number of amides is 2. The second-order valence-electron chi connectivity index (χ2n) is 10.7. The first kappa shape index (κ1) is 33.6. The number of sulfonamides is 1. The molecule has 1 atom stereocenters. The van der Waals surface area contributed by atoms with Gasteiger partial charge in [0.2, 0.25) is 11.8 Å². The molecule has 0 heterocycles. The third-order valence-electron chi connectivity index (χ3n) is 7.51. The van der Waals surface area contributed by atoms with Gasteiger partial charge in [0.15, 0.2) is 0 Å². The molecule has 0 bridgehead atoms. The Hall–Kier alpha value is -3.28. The lowest BCUT2D eigenvalue weighted by Gasteiger charge is -2.33. The topological polar surface area (TPSA) is 86.8 Å². The summed E-state index contributed by atoms with van der Waals surface area (Å²) in [5, 5.41) is 3.07. The van der Waals surface area contributed by atoms with Crippen LogP contribution in [0.1, 0.15) is 50.2 Å². The van der Waals surface area contributed by atoms with Crippen LogP contribution in [-0.2, 0) is 32.3 Å². The number of hydrogen-bond acceptors (Lipinski definition) is 4. The highest BCUT2D eigenvalue weighted by molar-refractivity contribution is 7.92. The highest BCUT2D eigenvalue weighted by Gasteiger charge is 2.36. The van der Waals surface area contributed by atoms with E-state index in [0.29, 0.717) is 21.0 Å². The van der Waals surface area contributed by atoms with Gasteiger partial charge in [0.25, 0.3) is 10.0 Å². The average molecular weight is 671 g/mol. The Labute approximate surface area is 265 Å². The van der Waals surface area contributed by atoms with Crippen molar-refractivity contribution in [2.75, 3.05) is 10.8 Å². The summed E-state index contributed by atoms with van der Waals surface area (Å²) in [5.41, 5.74) is -1.10. The molecule has 3 aromatic carbocycles. The molecule has 4 rings (SSSR count). The van der Waals surface area contributed by atoms with Crippen LogP contribution in [0.15, 0.2) is 77.7 Å². The van der Waals surface area contributed by atoms with Gasteiger partial charge in [-0.25, -0.2) is 8.42 Å². The van der Waals surface area contributed by atoms with Crippen molar-refractivity contribution in [2.24, 2.45) is 0 Å². The van der Waals surface area contributed by atoms with Crippen LogP contribution in [0.4, 0.5) is 18.9 Å². The van der Waals surface area contributed by atoms with Crippen molar-refractivity contribution in [1.29, 1.82) is 0 Å². The number of benzene rings is 3. The molecule has 1 fully saturated rings. The van der Waals surface area contributed by atoms with E-state index in [-0.39, 0.29) is 22.5 Å². The van der Waals surface area contributed by atoms with Crippen LogP contribution in [0.3, 0.4) is 0 Å². The lowest BCUT2D eigenvalue weighted by Crippen LogP contribution is -2.53. The summed E-state index contributed by atoms with van der Waals surface area (Å²) < 4.78 is 69.4. The zero-order chi connectivity index (χ0) is 32.1. The molecule has 1 saturated carbocycles. The number of hydrogen-bond donors (Lipinski definition) is 1. The number of nitrogens with one attached hydrogen (secondary N) is 1. The molecule has 7 nitrogen and oxygen atoms in total. The Morgan fingerprint density at radius 3 is 2.27 bits per heavy atom. The van der Waals surface area contributed by atoms with E-state index in [1.165, 1.54) is 36.1 Å². The highest BCUT2D eigenvalue weighted by atomic mass is 35.5. The minimum atomic E-state index is -4.81. The van der Waals surface area contributed by atoms with Crippen molar-refractivity contribution in [3.05, 3.63) is 94.0 Å². The summed E-state index contributed by atoms with van der Waals surface area (Å²) in [4.78, 5) is 28.4. The Balaban J connectivity index is 1.75. The summed E-state index contributed by atoms with van der Waals surface area (Å²) >= 11 is 12.5. The first-order valence-corrected chi connectivity index (χ1v) is 16.3. The Kier molecular flexibility index (Phi) is 10.9. The van der Waals surface area contributed by atoms with E-state index in [2.05, 4.69) is 5.32 Å². The SMILES string of the molecule is C[C@@H](C(=O)NC1CCCCC1)N(Cc1cccc(Cl)c1)C(=O)CN(c1cc(C(F)(F)F)ccc1Cl)S(=O)(=O)c1ccccc1. The normalized spacial score (nSPS) is 15.0. The predicted octanol–water partition coefficient (Wildman–Crippen LogP) is 7.07. The van der Waals surface area contributed by atoms with Gasteiger partial charge in [0.1, 0.15) is 12.6 Å². The third kappa shape index (κ3) is 8.25. The van der Waals surface area contributed by atoms with E-state index in [1.54, 1.807) is 30.3 Å². The fourth-order valence-electron chi connectivity index (χ4n) is 5.10. The number of nitrogens with zero attached hydrogens (tertiary/aromatic N) is 2. The summed E-state index contributed by atoms with van der Waals surface area (Å²) in [7, 11) is -4.60. The minimum Gasteiger partial charge on any atom is -0.352 e. The van der Waals surface area contributed by atoms with Gasteiger partial charge in [-0.1, -0.05) is 72.8 Å². The van der Waals surface area contributed by atoms with Gasteiger partial charge in [0.05, 0.1) is 21.2 Å². The number of carbonyl (C=O) groups excluding carboxylic acids is 2. The number of anilines is 1. The molecular weight excluding hydrogens is 638 g/mol. The van der Waals surface area contributed by atoms with Crippen molar-refractivity contribution >= 4 is 50.7 Å². The largest absolute Gasteiger partial charge is 0.416 e. The first-order valence-electron chi connectivity index (χ1n) is 14.1. The Morgan fingerprint density at radius 2 is 1.64 bits per heavy atom. The maximum absolute atomic E-state index is 14.1. The summed E-state index contributed by atoms with van der Waals surface area (Å²) in [5.74, 6) is -1.26. The quantitative estimate of drug-likeness (QED) is 0.250. The molecule has 0 aliphatic heterocycles. The van der Waals surface area contributed by atoms with Crippen LogP contribution in [-0.4, -0.2) is 43.8 Å². The molecule has 0 aromatic heterocycles. The van der Waals surface area contributed by atoms with Crippen molar-refractivity contribution in [2.45, 2.75) is 68.7 Å². The number of halogens is 5. The van der Waals surface area contributed by atoms with Crippen LogP contribution in [0.2, 0.25) is 10.0 Å². The first-order chi connectivity index (χ1) is 20.8. The van der Waals surface area contributed by atoms with Gasteiger partial charge < -0.3 is 10.2 Å². The lowest BCUT2D eigenvalue weighted by molar-refractivity contribution is -0.139. The second-order valence-corrected chi connectivity index (χ2v) is 13.4. The summed E-state index contributed by atoms with van der Waals surface area (Å²) in [6.07, 6.45) is -0.195. The van der Waals surface area contributed by atoms with Gasteiger partial charge in [0, 0.05) is 17.6 Å². The van der Waals surface area contributed by atoms with Crippen LogP contribution >= 0.6 is 23.2 Å². The molecule has 1 N–H and O–H groups in total. The molecule has 1 aliphatic rings. The molecule has 1 aliphatic carbocycles. The van der Waals surface area contributed by atoms with Crippen LogP contribution in [0.5, 0.6) is 0 Å². The maximum atomic E-state index is 14.1. The standard InChI is InChI=1S/C31H32Cl2F3N3O4S/c1-21(30(41)37-25-11-4-2-5-12-25)38(19-22-9-8-10-24(32)17-22)29(40)20-39(44(42,43)26-13-6-3-7-14-26)28-18-23(31(34,35)36)15-16-27(28)33/h3,6-10,13-18,21,25H,2,4-5,11-12,19-20H2,1H3,(H,37,41)/t21-/m0/s1. The molecule has 13 heteroatoms.